The minimum atomic E-state index is -1.14. The second-order valence-electron chi connectivity index (χ2n) is 18.6. The fourth-order valence-corrected chi connectivity index (χ4v) is 13.0. The van der Waals surface area contributed by atoms with Crippen LogP contribution in [0.25, 0.3) is 0 Å². The Kier molecular flexibility index (Phi) is 9.17. The van der Waals surface area contributed by atoms with Gasteiger partial charge in [0, 0.05) is 24.9 Å². The second-order valence-corrected chi connectivity index (χ2v) is 18.6. The van der Waals surface area contributed by atoms with Gasteiger partial charge in [0.2, 0.25) is 5.91 Å². The average molecular weight is 641 g/mol. The molecule has 5 aliphatic rings. The summed E-state index contributed by atoms with van der Waals surface area (Å²) in [6, 6.07) is 0. The first-order valence-electron chi connectivity index (χ1n) is 18.3. The SMILES string of the molecule is C=C(C)[C@@H]1CC[C@]2(CC(=O)NCCN)CC[C@]3(C)[C@H](CC[C@@H]4[C@@]5(C)CC[C@H](OC(=O)CC(C)(C)C(=O)O)C(C)(C)[C@@H]5CC[C@]43C)[C@@H]12. The number of carboxylic acid groups (broad SMARTS) is 1. The van der Waals surface area contributed by atoms with Gasteiger partial charge in [0.25, 0.3) is 0 Å². The van der Waals surface area contributed by atoms with E-state index in [-0.39, 0.29) is 45.5 Å². The van der Waals surface area contributed by atoms with E-state index in [2.05, 4.69) is 53.4 Å². The number of nitrogens with one attached hydrogen (secondary N) is 1. The lowest BCUT2D eigenvalue weighted by Gasteiger charge is -2.73. The highest BCUT2D eigenvalue weighted by molar-refractivity contribution is 5.81. The zero-order valence-electron chi connectivity index (χ0n) is 30.2. The summed E-state index contributed by atoms with van der Waals surface area (Å²) in [5, 5.41) is 12.7. The number of carbonyl (C=O) groups is 3. The molecule has 260 valence electrons. The van der Waals surface area contributed by atoms with Gasteiger partial charge < -0.3 is 20.9 Å². The van der Waals surface area contributed by atoms with Gasteiger partial charge in [-0.2, -0.15) is 0 Å². The van der Waals surface area contributed by atoms with Crippen LogP contribution in [0.1, 0.15) is 132 Å². The quantitative estimate of drug-likeness (QED) is 0.177. The summed E-state index contributed by atoms with van der Waals surface area (Å²) in [7, 11) is 0. The molecular weight excluding hydrogens is 576 g/mol. The summed E-state index contributed by atoms with van der Waals surface area (Å²) in [5.41, 5.74) is 6.28. The maximum atomic E-state index is 13.2. The van der Waals surface area contributed by atoms with Crippen molar-refractivity contribution >= 4 is 17.8 Å². The van der Waals surface area contributed by atoms with Crippen LogP contribution in [0.3, 0.4) is 0 Å². The fraction of sp³-hybridized carbons (Fsp3) is 0.872. The Balaban J connectivity index is 1.40. The molecule has 10 atom stereocenters. The van der Waals surface area contributed by atoms with E-state index < -0.39 is 17.4 Å². The Hall–Kier alpha value is -1.89. The van der Waals surface area contributed by atoms with Gasteiger partial charge in [-0.15, -0.1) is 0 Å². The van der Waals surface area contributed by atoms with E-state index in [1.54, 1.807) is 13.8 Å². The minimum absolute atomic E-state index is 0.0515. The van der Waals surface area contributed by atoms with Crippen molar-refractivity contribution < 1.29 is 24.2 Å². The molecule has 0 aromatic carbocycles. The summed E-state index contributed by atoms with van der Waals surface area (Å²) < 4.78 is 6.15. The zero-order chi connectivity index (χ0) is 34.1. The van der Waals surface area contributed by atoms with E-state index in [1.165, 1.54) is 31.3 Å². The van der Waals surface area contributed by atoms with Crippen LogP contribution < -0.4 is 11.1 Å². The second kappa shape index (κ2) is 11.9. The van der Waals surface area contributed by atoms with E-state index in [9.17, 15) is 19.5 Å². The number of esters is 1. The predicted octanol–water partition coefficient (Wildman–Crippen LogP) is 7.52. The number of aliphatic carboxylic acids is 1. The zero-order valence-corrected chi connectivity index (χ0v) is 30.2. The van der Waals surface area contributed by atoms with E-state index in [0.717, 1.165) is 38.5 Å². The minimum Gasteiger partial charge on any atom is -0.481 e. The standard InChI is InChI=1S/C39H64N2O5/c1-24(2)25-12-17-39(22-30(42)41-21-20-40)19-18-37(8)26(32(25)39)10-11-28-36(7)15-14-29(46-31(43)23-34(3,4)33(44)45)35(5,6)27(36)13-16-38(28,37)9/h25-29,32H,1,10-23,40H2,2-9H3,(H,41,42)(H,44,45)/t25-,26+,27-,28+,29-,32+,36-,37+,38+,39+/m0/s1. The molecule has 4 N–H and O–H groups in total. The van der Waals surface area contributed by atoms with Gasteiger partial charge in [-0.3, -0.25) is 14.4 Å². The average Bonchev–Trinajstić information content (AvgIpc) is 3.33. The number of fused-ring (bicyclic) bond motifs is 7. The van der Waals surface area contributed by atoms with Crippen LogP contribution in [0.5, 0.6) is 0 Å². The molecule has 0 spiro atoms. The summed E-state index contributed by atoms with van der Waals surface area (Å²) >= 11 is 0. The van der Waals surface area contributed by atoms with Crippen LogP contribution in [0, 0.1) is 62.1 Å². The largest absolute Gasteiger partial charge is 0.481 e. The van der Waals surface area contributed by atoms with Gasteiger partial charge in [0.05, 0.1) is 11.8 Å². The Morgan fingerprint density at radius 2 is 1.61 bits per heavy atom. The molecule has 7 nitrogen and oxygen atoms in total. The van der Waals surface area contributed by atoms with Crippen LogP contribution in [-0.2, 0) is 19.1 Å². The smallest absolute Gasteiger partial charge is 0.309 e. The molecule has 0 saturated heterocycles. The van der Waals surface area contributed by atoms with Gasteiger partial charge in [-0.25, -0.2) is 0 Å². The molecule has 1 amide bonds. The summed E-state index contributed by atoms with van der Waals surface area (Å²) in [5.74, 6) is 1.38. The van der Waals surface area contributed by atoms with Crippen LogP contribution >= 0.6 is 0 Å². The first kappa shape index (κ1) is 35.4. The molecular formula is C39H64N2O5. The van der Waals surface area contributed by atoms with Gasteiger partial charge >= 0.3 is 11.9 Å². The molecule has 46 heavy (non-hydrogen) atoms. The third-order valence-electron chi connectivity index (χ3n) is 15.6. The van der Waals surface area contributed by atoms with Crippen molar-refractivity contribution in [3.05, 3.63) is 12.2 Å². The van der Waals surface area contributed by atoms with E-state index in [1.807, 2.05) is 0 Å². The molecule has 5 fully saturated rings. The molecule has 0 heterocycles. The monoisotopic (exact) mass is 640 g/mol. The Morgan fingerprint density at radius 3 is 2.24 bits per heavy atom. The summed E-state index contributed by atoms with van der Waals surface area (Å²) in [4.78, 5) is 37.9. The number of carbonyl (C=O) groups excluding carboxylic acids is 2. The van der Waals surface area contributed by atoms with Gasteiger partial charge in [-0.1, -0.05) is 46.8 Å². The molecule has 0 aliphatic heterocycles. The van der Waals surface area contributed by atoms with Crippen molar-refractivity contribution in [1.82, 2.24) is 5.32 Å². The lowest BCUT2D eigenvalue weighted by molar-refractivity contribution is -0.250. The van der Waals surface area contributed by atoms with Crippen molar-refractivity contribution in [2.75, 3.05) is 13.1 Å². The summed E-state index contributed by atoms with van der Waals surface area (Å²) in [6.45, 7) is 23.3. The molecule has 5 aliphatic carbocycles. The number of hydrogen-bond donors (Lipinski definition) is 3. The Bertz CT molecular complexity index is 1240. The lowest BCUT2D eigenvalue weighted by atomic mass is 9.32. The van der Waals surface area contributed by atoms with Crippen molar-refractivity contribution in [3.8, 4) is 0 Å². The molecule has 5 saturated carbocycles. The number of carboxylic acids is 1. The van der Waals surface area contributed by atoms with Crippen molar-refractivity contribution in [1.29, 1.82) is 0 Å². The molecule has 0 aromatic heterocycles. The molecule has 0 aromatic rings. The van der Waals surface area contributed by atoms with E-state index in [4.69, 9.17) is 10.5 Å². The van der Waals surface area contributed by atoms with E-state index in [0.29, 0.717) is 49.1 Å². The van der Waals surface area contributed by atoms with Crippen molar-refractivity contribution in [3.63, 3.8) is 0 Å². The number of ether oxygens (including phenoxy) is 1. The van der Waals surface area contributed by atoms with Crippen LogP contribution in [0.15, 0.2) is 12.2 Å². The summed E-state index contributed by atoms with van der Waals surface area (Å²) in [6.07, 6.45) is 11.4. The van der Waals surface area contributed by atoms with Gasteiger partial charge in [0.15, 0.2) is 0 Å². The number of nitrogens with two attached hydrogens (primary N) is 1. The third-order valence-corrected chi connectivity index (χ3v) is 15.6. The Morgan fingerprint density at radius 1 is 0.913 bits per heavy atom. The Labute approximate surface area is 278 Å². The van der Waals surface area contributed by atoms with Gasteiger partial charge in [-0.05, 0) is 136 Å². The van der Waals surface area contributed by atoms with Crippen molar-refractivity contribution in [2.45, 2.75) is 139 Å². The maximum Gasteiger partial charge on any atom is 0.309 e. The topological polar surface area (TPSA) is 119 Å². The number of allylic oxidation sites excluding steroid dienone is 1. The normalized spacial score (nSPS) is 42.9. The molecule has 0 bridgehead atoms. The van der Waals surface area contributed by atoms with Crippen LogP contribution in [-0.4, -0.2) is 42.1 Å². The fourth-order valence-electron chi connectivity index (χ4n) is 13.0. The molecule has 5 rings (SSSR count). The number of rotatable bonds is 9. The molecule has 0 radical (unpaired) electrons. The molecule has 7 heteroatoms. The van der Waals surface area contributed by atoms with Crippen LogP contribution in [0.2, 0.25) is 0 Å². The third kappa shape index (κ3) is 5.37. The highest BCUT2D eigenvalue weighted by Gasteiger charge is 2.71. The van der Waals surface area contributed by atoms with Gasteiger partial charge in [0.1, 0.15) is 6.10 Å². The first-order chi connectivity index (χ1) is 21.3. The highest BCUT2D eigenvalue weighted by atomic mass is 16.5. The lowest BCUT2D eigenvalue weighted by Crippen LogP contribution is -2.67. The first-order valence-corrected chi connectivity index (χ1v) is 18.3. The van der Waals surface area contributed by atoms with Crippen LogP contribution in [0.4, 0.5) is 0 Å². The number of amides is 1. The van der Waals surface area contributed by atoms with Crippen molar-refractivity contribution in [2.24, 2.45) is 67.8 Å². The maximum absolute atomic E-state index is 13.2. The predicted molar refractivity (Wildman–Crippen MR) is 182 cm³/mol. The molecule has 0 unspecified atom stereocenters. The number of hydrogen-bond acceptors (Lipinski definition) is 5. The highest BCUT2D eigenvalue weighted by Crippen LogP contribution is 2.78. The van der Waals surface area contributed by atoms with E-state index >= 15 is 0 Å².